The molecule has 3 rings (SSSR count). The molecule has 2 saturated heterocycles. The zero-order valence-corrected chi connectivity index (χ0v) is 11.8. The van der Waals surface area contributed by atoms with E-state index in [1.165, 1.54) is 31.4 Å². The third-order valence-electron chi connectivity index (χ3n) is 4.73. The minimum atomic E-state index is 0.577. The number of pyridine rings is 1. The number of piperidine rings is 2. The highest BCUT2D eigenvalue weighted by Gasteiger charge is 2.34. The van der Waals surface area contributed by atoms with Crippen LogP contribution in [-0.4, -0.2) is 42.6 Å². The first-order valence-electron chi connectivity index (χ1n) is 7.38. The second-order valence-corrected chi connectivity index (χ2v) is 5.88. The van der Waals surface area contributed by atoms with E-state index in [4.69, 9.17) is 5.73 Å². The summed E-state index contributed by atoms with van der Waals surface area (Å²) in [5.74, 6) is 1.90. The van der Waals surface area contributed by atoms with Gasteiger partial charge < -0.3 is 15.5 Å². The van der Waals surface area contributed by atoms with E-state index in [2.05, 4.69) is 27.9 Å². The Morgan fingerprint density at radius 1 is 1.37 bits per heavy atom. The van der Waals surface area contributed by atoms with E-state index in [9.17, 15) is 0 Å². The lowest BCUT2D eigenvalue weighted by molar-refractivity contribution is 0.102. The van der Waals surface area contributed by atoms with Crippen LogP contribution < -0.4 is 10.6 Å². The number of likely N-dealkylation sites (tertiary alicyclic amines) is 1. The highest BCUT2D eigenvalue weighted by atomic mass is 15.2. The van der Waals surface area contributed by atoms with Gasteiger partial charge >= 0.3 is 0 Å². The van der Waals surface area contributed by atoms with Crippen LogP contribution in [0.15, 0.2) is 18.3 Å². The first-order chi connectivity index (χ1) is 9.29. The van der Waals surface area contributed by atoms with Crippen molar-refractivity contribution in [1.29, 1.82) is 0 Å². The van der Waals surface area contributed by atoms with Crippen LogP contribution in [0.2, 0.25) is 0 Å². The lowest BCUT2D eigenvalue weighted by atomic mass is 9.84. The number of nitrogens with zero attached hydrogens (tertiary/aromatic N) is 3. The van der Waals surface area contributed by atoms with Crippen molar-refractivity contribution in [1.82, 2.24) is 9.88 Å². The van der Waals surface area contributed by atoms with E-state index < -0.39 is 0 Å². The average Bonchev–Trinajstić information content (AvgIpc) is 2.47. The molecule has 1 aromatic rings. The van der Waals surface area contributed by atoms with Crippen LogP contribution in [0.3, 0.4) is 0 Å². The van der Waals surface area contributed by atoms with Gasteiger partial charge in [0.1, 0.15) is 5.82 Å². The molecule has 0 aliphatic carbocycles. The summed E-state index contributed by atoms with van der Waals surface area (Å²) in [7, 11) is 2.28. The summed E-state index contributed by atoms with van der Waals surface area (Å²) in [6, 6.07) is 4.85. The van der Waals surface area contributed by atoms with Gasteiger partial charge in [-0.25, -0.2) is 4.98 Å². The van der Waals surface area contributed by atoms with E-state index in [1.54, 1.807) is 0 Å². The van der Waals surface area contributed by atoms with Crippen LogP contribution in [0, 0.1) is 5.92 Å². The molecule has 2 atom stereocenters. The third-order valence-corrected chi connectivity index (χ3v) is 4.73. The first kappa shape index (κ1) is 12.9. The largest absolute Gasteiger partial charge is 0.356 e. The number of anilines is 1. The van der Waals surface area contributed by atoms with Crippen molar-refractivity contribution in [2.24, 2.45) is 11.7 Å². The zero-order valence-electron chi connectivity index (χ0n) is 11.8. The number of hydrogen-bond donors (Lipinski definition) is 1. The normalized spacial score (nSPS) is 28.2. The number of nitrogens with two attached hydrogens (primary N) is 1. The minimum absolute atomic E-state index is 0.577. The Hall–Kier alpha value is -1.13. The van der Waals surface area contributed by atoms with Crippen molar-refractivity contribution in [3.63, 3.8) is 0 Å². The fourth-order valence-electron chi connectivity index (χ4n) is 3.72. The predicted octanol–water partition coefficient (Wildman–Crippen LogP) is 1.46. The second-order valence-electron chi connectivity index (χ2n) is 5.88. The summed E-state index contributed by atoms with van der Waals surface area (Å²) in [4.78, 5) is 9.56. The van der Waals surface area contributed by atoms with Gasteiger partial charge in [-0.2, -0.15) is 0 Å². The molecule has 19 heavy (non-hydrogen) atoms. The average molecular weight is 260 g/mol. The van der Waals surface area contributed by atoms with Gasteiger partial charge in [0.2, 0.25) is 0 Å². The second kappa shape index (κ2) is 5.47. The number of fused-ring (bicyclic) bond motifs is 1. The smallest absolute Gasteiger partial charge is 0.133 e. The summed E-state index contributed by atoms with van der Waals surface area (Å²) >= 11 is 0. The van der Waals surface area contributed by atoms with Gasteiger partial charge in [-0.1, -0.05) is 6.07 Å². The van der Waals surface area contributed by atoms with Crippen LogP contribution in [0.4, 0.5) is 5.82 Å². The highest BCUT2D eigenvalue weighted by molar-refractivity contribution is 5.47. The Morgan fingerprint density at radius 3 is 3.11 bits per heavy atom. The van der Waals surface area contributed by atoms with Crippen molar-refractivity contribution in [2.75, 3.05) is 31.6 Å². The molecular formula is C15H24N4. The topological polar surface area (TPSA) is 45.4 Å². The van der Waals surface area contributed by atoms with Crippen molar-refractivity contribution in [3.8, 4) is 0 Å². The molecule has 0 aromatic carbocycles. The molecule has 0 radical (unpaired) electrons. The van der Waals surface area contributed by atoms with E-state index in [1.807, 2.05) is 12.3 Å². The SMILES string of the molecule is CN1CCCC2CN(c3ncccc3CN)CCC21. The molecule has 2 aliphatic rings. The van der Waals surface area contributed by atoms with E-state index >= 15 is 0 Å². The molecule has 0 amide bonds. The first-order valence-corrected chi connectivity index (χ1v) is 7.38. The lowest BCUT2D eigenvalue weighted by Crippen LogP contribution is -2.53. The maximum atomic E-state index is 5.84. The van der Waals surface area contributed by atoms with Crippen LogP contribution >= 0.6 is 0 Å². The summed E-state index contributed by atoms with van der Waals surface area (Å²) in [5.41, 5.74) is 7.01. The fourth-order valence-corrected chi connectivity index (χ4v) is 3.72. The predicted molar refractivity (Wildman–Crippen MR) is 78.1 cm³/mol. The summed E-state index contributed by atoms with van der Waals surface area (Å²) in [6.07, 6.45) is 5.82. The molecule has 2 aliphatic heterocycles. The molecule has 0 spiro atoms. The molecule has 4 heteroatoms. The number of rotatable bonds is 2. The molecular weight excluding hydrogens is 236 g/mol. The summed E-state index contributed by atoms with van der Waals surface area (Å²) in [6.45, 7) is 4.08. The Bertz CT molecular complexity index is 434. The standard InChI is InChI=1S/C15H24N4/c1-18-8-3-5-13-11-19(9-6-14(13)18)15-12(10-16)4-2-7-17-15/h2,4,7,13-14H,3,5-6,8-11,16H2,1H3. The minimum Gasteiger partial charge on any atom is -0.356 e. The van der Waals surface area contributed by atoms with Crippen LogP contribution in [-0.2, 0) is 6.54 Å². The number of aromatic nitrogens is 1. The quantitative estimate of drug-likeness (QED) is 0.874. The lowest BCUT2D eigenvalue weighted by Gasteiger charge is -2.46. The zero-order chi connectivity index (χ0) is 13.2. The van der Waals surface area contributed by atoms with Crippen LogP contribution in [0.1, 0.15) is 24.8 Å². The molecule has 0 saturated carbocycles. The Kier molecular flexibility index (Phi) is 3.71. The van der Waals surface area contributed by atoms with Crippen molar-refractivity contribution in [2.45, 2.75) is 31.8 Å². The molecule has 104 valence electrons. The van der Waals surface area contributed by atoms with Crippen LogP contribution in [0.5, 0.6) is 0 Å². The molecule has 2 fully saturated rings. The van der Waals surface area contributed by atoms with Gasteiger partial charge in [0, 0.05) is 37.4 Å². The van der Waals surface area contributed by atoms with Gasteiger partial charge in [0.25, 0.3) is 0 Å². The van der Waals surface area contributed by atoms with Gasteiger partial charge in [-0.05, 0) is 44.8 Å². The Morgan fingerprint density at radius 2 is 2.26 bits per heavy atom. The Balaban J connectivity index is 1.77. The third kappa shape index (κ3) is 2.47. The molecule has 1 aromatic heterocycles. The molecule has 4 nitrogen and oxygen atoms in total. The van der Waals surface area contributed by atoms with Crippen molar-refractivity contribution < 1.29 is 0 Å². The van der Waals surface area contributed by atoms with Gasteiger partial charge in [0.15, 0.2) is 0 Å². The van der Waals surface area contributed by atoms with E-state index in [0.717, 1.165) is 30.9 Å². The summed E-state index contributed by atoms with van der Waals surface area (Å²) in [5, 5.41) is 0. The Labute approximate surface area is 115 Å². The molecule has 0 bridgehead atoms. The van der Waals surface area contributed by atoms with E-state index in [0.29, 0.717) is 6.54 Å². The van der Waals surface area contributed by atoms with E-state index in [-0.39, 0.29) is 0 Å². The van der Waals surface area contributed by atoms with Crippen molar-refractivity contribution >= 4 is 5.82 Å². The molecule has 3 heterocycles. The maximum absolute atomic E-state index is 5.84. The molecule has 2 unspecified atom stereocenters. The molecule has 2 N–H and O–H groups in total. The van der Waals surface area contributed by atoms with Crippen LogP contribution in [0.25, 0.3) is 0 Å². The fraction of sp³-hybridized carbons (Fsp3) is 0.667. The van der Waals surface area contributed by atoms with Gasteiger partial charge in [-0.15, -0.1) is 0 Å². The summed E-state index contributed by atoms with van der Waals surface area (Å²) < 4.78 is 0. The highest BCUT2D eigenvalue weighted by Crippen LogP contribution is 2.32. The van der Waals surface area contributed by atoms with Crippen molar-refractivity contribution in [3.05, 3.63) is 23.9 Å². The van der Waals surface area contributed by atoms with Gasteiger partial charge in [0.05, 0.1) is 0 Å². The monoisotopic (exact) mass is 260 g/mol. The number of hydrogen-bond acceptors (Lipinski definition) is 4. The van der Waals surface area contributed by atoms with Gasteiger partial charge in [-0.3, -0.25) is 0 Å². The maximum Gasteiger partial charge on any atom is 0.133 e.